The number of halogens is 2. The van der Waals surface area contributed by atoms with Crippen LogP contribution in [0.1, 0.15) is 75.3 Å². The highest BCUT2D eigenvalue weighted by molar-refractivity contribution is 6.31. The molecular formula is C30H32ClFN2O2. The lowest BCUT2D eigenvalue weighted by Gasteiger charge is -2.37. The minimum atomic E-state index is -1.13. The van der Waals surface area contributed by atoms with Crippen molar-refractivity contribution in [2.75, 3.05) is 17.2 Å². The van der Waals surface area contributed by atoms with Crippen molar-refractivity contribution in [3.8, 4) is 5.75 Å². The van der Waals surface area contributed by atoms with E-state index < -0.39 is 5.41 Å². The predicted molar refractivity (Wildman–Crippen MR) is 144 cm³/mol. The van der Waals surface area contributed by atoms with Gasteiger partial charge in [-0.2, -0.15) is 0 Å². The summed E-state index contributed by atoms with van der Waals surface area (Å²) in [6.07, 6.45) is 0. The summed E-state index contributed by atoms with van der Waals surface area (Å²) in [7, 11) is 0. The zero-order valence-electron chi connectivity index (χ0n) is 21.5. The Morgan fingerprint density at radius 2 is 1.58 bits per heavy atom. The lowest BCUT2D eigenvalue weighted by Crippen LogP contribution is -2.43. The number of benzene rings is 3. The number of hydrogen-bond acceptors (Lipinski definition) is 3. The Morgan fingerprint density at radius 1 is 0.944 bits per heavy atom. The molecule has 1 amide bonds. The van der Waals surface area contributed by atoms with Crippen molar-refractivity contribution in [1.29, 1.82) is 0 Å². The highest BCUT2D eigenvalue weighted by atomic mass is 35.5. The van der Waals surface area contributed by atoms with E-state index in [2.05, 4.69) is 52.2 Å². The Kier molecular flexibility index (Phi) is 5.46. The number of aromatic hydroxyl groups is 1. The number of carbonyl (C=O) groups excluding carboxylic acids is 1. The Labute approximate surface area is 216 Å². The molecule has 4 nitrogen and oxygen atoms in total. The van der Waals surface area contributed by atoms with E-state index in [1.165, 1.54) is 12.1 Å². The number of hydrogen-bond donors (Lipinski definition) is 3. The maximum absolute atomic E-state index is 14.2. The number of fused-ring (bicyclic) bond motifs is 2. The molecule has 36 heavy (non-hydrogen) atoms. The molecule has 0 fully saturated rings. The molecule has 0 saturated carbocycles. The second kappa shape index (κ2) is 7.97. The summed E-state index contributed by atoms with van der Waals surface area (Å²) in [6.45, 7) is 12.8. The van der Waals surface area contributed by atoms with Gasteiger partial charge in [0, 0.05) is 28.9 Å². The zero-order chi connectivity index (χ0) is 26.2. The van der Waals surface area contributed by atoms with E-state index in [1.807, 2.05) is 24.3 Å². The average molecular weight is 507 g/mol. The third kappa shape index (κ3) is 3.59. The zero-order valence-corrected chi connectivity index (χ0v) is 22.3. The molecule has 188 valence electrons. The minimum Gasteiger partial charge on any atom is -0.507 e. The molecule has 5 rings (SSSR count). The van der Waals surface area contributed by atoms with Crippen molar-refractivity contribution in [2.45, 2.75) is 63.7 Å². The Bertz CT molecular complexity index is 1370. The van der Waals surface area contributed by atoms with Crippen LogP contribution in [-0.4, -0.2) is 17.6 Å². The first-order valence-electron chi connectivity index (χ1n) is 12.3. The molecule has 2 unspecified atom stereocenters. The van der Waals surface area contributed by atoms with E-state index in [1.54, 1.807) is 12.1 Å². The molecule has 2 heterocycles. The maximum atomic E-state index is 14.2. The lowest BCUT2D eigenvalue weighted by molar-refractivity contribution is -0.120. The van der Waals surface area contributed by atoms with Crippen LogP contribution in [0, 0.1) is 5.82 Å². The highest BCUT2D eigenvalue weighted by Crippen LogP contribution is 2.56. The van der Waals surface area contributed by atoms with Gasteiger partial charge in [-0.25, -0.2) is 4.39 Å². The summed E-state index contributed by atoms with van der Waals surface area (Å²) in [5.41, 5.74) is 3.52. The number of nitrogens with one attached hydrogen (secondary N) is 2. The number of rotatable bonds is 2. The molecule has 3 aromatic carbocycles. The number of amides is 1. The average Bonchev–Trinajstić information content (AvgIpc) is 3.30. The van der Waals surface area contributed by atoms with E-state index in [4.69, 9.17) is 11.6 Å². The van der Waals surface area contributed by atoms with E-state index in [-0.39, 0.29) is 34.2 Å². The molecular weight excluding hydrogens is 475 g/mol. The van der Waals surface area contributed by atoms with E-state index in [0.29, 0.717) is 22.9 Å². The van der Waals surface area contributed by atoms with E-state index in [9.17, 15) is 14.3 Å². The van der Waals surface area contributed by atoms with Gasteiger partial charge in [0.05, 0.1) is 0 Å². The van der Waals surface area contributed by atoms with Crippen LogP contribution >= 0.6 is 11.6 Å². The first-order chi connectivity index (χ1) is 16.7. The number of anilines is 2. The Hall–Kier alpha value is -3.05. The quantitative estimate of drug-likeness (QED) is 0.343. The van der Waals surface area contributed by atoms with Gasteiger partial charge in [-0.15, -0.1) is 0 Å². The first kappa shape index (κ1) is 24.6. The number of carbonyl (C=O) groups is 1. The monoisotopic (exact) mass is 506 g/mol. The van der Waals surface area contributed by atoms with Crippen LogP contribution in [0.4, 0.5) is 15.8 Å². The molecule has 2 atom stereocenters. The van der Waals surface area contributed by atoms with Gasteiger partial charge in [0.15, 0.2) is 0 Å². The molecule has 2 aliphatic rings. The van der Waals surface area contributed by atoms with Crippen LogP contribution in [-0.2, 0) is 21.0 Å². The fraction of sp³-hybridized carbons (Fsp3) is 0.367. The van der Waals surface area contributed by atoms with Gasteiger partial charge in [-0.1, -0.05) is 71.3 Å². The molecule has 3 aromatic rings. The fourth-order valence-corrected chi connectivity index (χ4v) is 6.00. The topological polar surface area (TPSA) is 61.4 Å². The van der Waals surface area contributed by atoms with Gasteiger partial charge in [-0.3, -0.25) is 4.79 Å². The molecule has 0 aromatic heterocycles. The summed E-state index contributed by atoms with van der Waals surface area (Å²) in [5, 5.41) is 18.4. The SMILES string of the molecule is CC(C)(C)c1cc(C2(C3CNc4cc(F)ccc43)C(=O)Nc3ccc(Cl)cc32)cc(C(C)(C)C)c1O. The van der Waals surface area contributed by atoms with Gasteiger partial charge >= 0.3 is 0 Å². The Balaban J connectivity index is 1.90. The summed E-state index contributed by atoms with van der Waals surface area (Å²) >= 11 is 6.50. The summed E-state index contributed by atoms with van der Waals surface area (Å²) in [5.74, 6) is -0.553. The third-order valence-corrected chi connectivity index (χ3v) is 7.84. The normalized spacial score (nSPS) is 21.1. The summed E-state index contributed by atoms with van der Waals surface area (Å²) < 4.78 is 14.1. The van der Waals surface area contributed by atoms with Gasteiger partial charge < -0.3 is 15.7 Å². The molecule has 6 heteroatoms. The van der Waals surface area contributed by atoms with E-state index in [0.717, 1.165) is 27.8 Å². The minimum absolute atomic E-state index is 0.158. The van der Waals surface area contributed by atoms with E-state index >= 15 is 0 Å². The number of phenols is 1. The van der Waals surface area contributed by atoms with Crippen molar-refractivity contribution in [2.24, 2.45) is 0 Å². The second-order valence-corrected chi connectivity index (χ2v) is 12.5. The predicted octanol–water partition coefficient (Wildman–Crippen LogP) is 7.23. The van der Waals surface area contributed by atoms with Crippen molar-refractivity contribution >= 4 is 28.9 Å². The van der Waals surface area contributed by atoms with Crippen LogP contribution < -0.4 is 10.6 Å². The van der Waals surface area contributed by atoms with Crippen molar-refractivity contribution < 1.29 is 14.3 Å². The van der Waals surface area contributed by atoms with Crippen molar-refractivity contribution in [3.05, 3.63) is 87.2 Å². The molecule has 0 radical (unpaired) electrons. The molecule has 0 saturated heterocycles. The highest BCUT2D eigenvalue weighted by Gasteiger charge is 2.56. The molecule has 0 aliphatic carbocycles. The van der Waals surface area contributed by atoms with Gasteiger partial charge in [0.25, 0.3) is 0 Å². The molecule has 0 bridgehead atoms. The maximum Gasteiger partial charge on any atom is 0.240 e. The van der Waals surface area contributed by atoms with Crippen LogP contribution in [0.25, 0.3) is 0 Å². The number of phenolic OH excluding ortho intramolecular Hbond substituents is 1. The first-order valence-corrected chi connectivity index (χ1v) is 12.7. The molecule has 0 spiro atoms. The van der Waals surface area contributed by atoms with Gasteiger partial charge in [0.1, 0.15) is 17.0 Å². The standard InChI is InChI=1S/C30H32ClFN2O2/c1-28(2,3)21-11-16(12-22(26(21)35)29(4,5)6)30(20-13-17(31)7-10-24(20)34-27(30)36)23-15-33-25-14-18(32)8-9-19(23)25/h7-14,23,33,35H,15H2,1-6H3,(H,34,36). The van der Waals surface area contributed by atoms with Crippen molar-refractivity contribution in [3.63, 3.8) is 0 Å². The van der Waals surface area contributed by atoms with Gasteiger partial charge in [-0.05, 0) is 69.0 Å². The van der Waals surface area contributed by atoms with Crippen LogP contribution in [0.5, 0.6) is 5.75 Å². The van der Waals surface area contributed by atoms with Crippen LogP contribution in [0.2, 0.25) is 5.02 Å². The third-order valence-electron chi connectivity index (χ3n) is 7.60. The van der Waals surface area contributed by atoms with Gasteiger partial charge in [0.2, 0.25) is 5.91 Å². The molecule has 2 aliphatic heterocycles. The summed E-state index contributed by atoms with van der Waals surface area (Å²) in [6, 6.07) is 14.1. The smallest absolute Gasteiger partial charge is 0.240 e. The van der Waals surface area contributed by atoms with Crippen molar-refractivity contribution in [1.82, 2.24) is 0 Å². The largest absolute Gasteiger partial charge is 0.507 e. The molecule has 3 N–H and O–H groups in total. The van der Waals surface area contributed by atoms with Crippen LogP contribution in [0.3, 0.4) is 0 Å². The summed E-state index contributed by atoms with van der Waals surface area (Å²) in [4.78, 5) is 14.2. The Morgan fingerprint density at radius 3 is 2.19 bits per heavy atom. The fourth-order valence-electron chi connectivity index (χ4n) is 5.83. The van der Waals surface area contributed by atoms with Crippen LogP contribution in [0.15, 0.2) is 48.5 Å². The lowest BCUT2D eigenvalue weighted by atomic mass is 9.63. The second-order valence-electron chi connectivity index (χ2n) is 12.0.